The number of hydrogen-bond acceptors (Lipinski definition) is 5. The number of nitrogens with zero attached hydrogens (tertiary/aromatic N) is 3. The van der Waals surface area contributed by atoms with E-state index in [1.807, 2.05) is 19.1 Å². The van der Waals surface area contributed by atoms with E-state index in [4.69, 9.17) is 23.2 Å². The zero-order valence-corrected chi connectivity index (χ0v) is 19.0. The van der Waals surface area contributed by atoms with Gasteiger partial charge in [-0.3, -0.25) is 24.5 Å². The molecule has 0 spiro atoms. The highest BCUT2D eigenvalue weighted by Gasteiger charge is 2.53. The molecule has 0 aromatic heterocycles. The minimum absolute atomic E-state index is 0.188. The predicted octanol–water partition coefficient (Wildman–Crippen LogP) is 4.66. The molecule has 33 heavy (non-hydrogen) atoms. The smallest absolute Gasteiger partial charge is 0.272 e. The summed E-state index contributed by atoms with van der Waals surface area (Å²) in [6.07, 6.45) is 4.11. The van der Waals surface area contributed by atoms with Gasteiger partial charge < -0.3 is 0 Å². The lowest BCUT2D eigenvalue weighted by molar-refractivity contribution is -0.385. The van der Waals surface area contributed by atoms with E-state index in [-0.39, 0.29) is 23.0 Å². The molecule has 1 heterocycles. The molecule has 0 saturated carbocycles. The number of allylic oxidation sites excluding steroid dienone is 2. The van der Waals surface area contributed by atoms with Crippen molar-refractivity contribution < 1.29 is 19.3 Å². The Morgan fingerprint density at radius 3 is 2.58 bits per heavy atom. The summed E-state index contributed by atoms with van der Waals surface area (Å²) in [5, 5.41) is 13.9. The standard InChI is InChI=1S/C23H19Cl2N3O5/c1-13-5-4-7-17-20(13)23(31)27(22(17)30)26(12-14-9-10-15(24)11-18(14)25)21(29)16-6-2-3-8-19(16)28(32)33/h2-6,8-11,13,17,20H,7,12H2,1H3/t13-,17-,20-/m1/s1. The van der Waals surface area contributed by atoms with Gasteiger partial charge in [0.15, 0.2) is 0 Å². The van der Waals surface area contributed by atoms with E-state index in [0.717, 1.165) is 10.0 Å². The Balaban J connectivity index is 1.80. The summed E-state index contributed by atoms with van der Waals surface area (Å²) in [6.45, 7) is 1.59. The molecule has 170 valence electrons. The lowest BCUT2D eigenvalue weighted by atomic mass is 9.78. The molecule has 0 N–H and O–H groups in total. The largest absolute Gasteiger partial charge is 0.282 e. The lowest BCUT2D eigenvalue weighted by Gasteiger charge is -2.31. The summed E-state index contributed by atoms with van der Waals surface area (Å²) in [5.41, 5.74) is -0.245. The molecule has 3 atom stereocenters. The summed E-state index contributed by atoms with van der Waals surface area (Å²) in [6, 6.07) is 10.0. The van der Waals surface area contributed by atoms with Crippen LogP contribution < -0.4 is 0 Å². The summed E-state index contributed by atoms with van der Waals surface area (Å²) in [7, 11) is 0. The van der Waals surface area contributed by atoms with Crippen LogP contribution in [-0.4, -0.2) is 32.7 Å². The molecule has 1 fully saturated rings. The number of hydrazine groups is 1. The number of rotatable bonds is 5. The van der Waals surface area contributed by atoms with Gasteiger partial charge in [-0.25, -0.2) is 5.01 Å². The van der Waals surface area contributed by atoms with Crippen LogP contribution in [0.2, 0.25) is 10.0 Å². The third-order valence-electron chi connectivity index (χ3n) is 5.99. The lowest BCUT2D eigenvalue weighted by Crippen LogP contribution is -2.50. The first-order valence-corrected chi connectivity index (χ1v) is 11.0. The van der Waals surface area contributed by atoms with Crippen LogP contribution >= 0.6 is 23.2 Å². The fraction of sp³-hybridized carbons (Fsp3) is 0.261. The van der Waals surface area contributed by atoms with Crippen molar-refractivity contribution in [3.63, 3.8) is 0 Å². The quantitative estimate of drug-likeness (QED) is 0.264. The van der Waals surface area contributed by atoms with Crippen molar-refractivity contribution in [3.8, 4) is 0 Å². The van der Waals surface area contributed by atoms with Gasteiger partial charge in [-0.1, -0.05) is 60.5 Å². The Morgan fingerprint density at radius 1 is 1.18 bits per heavy atom. The van der Waals surface area contributed by atoms with Crippen LogP contribution in [0.3, 0.4) is 0 Å². The van der Waals surface area contributed by atoms with Crippen LogP contribution in [0, 0.1) is 27.9 Å². The predicted molar refractivity (Wildman–Crippen MR) is 121 cm³/mol. The SMILES string of the molecule is C[C@@H]1C=CC[C@H]2C(=O)N(N(Cc3ccc(Cl)cc3Cl)C(=O)c3ccccc3[N+](=O)[O-])C(=O)[C@H]12. The highest BCUT2D eigenvalue weighted by molar-refractivity contribution is 6.35. The summed E-state index contributed by atoms with van der Waals surface area (Å²) in [4.78, 5) is 51.2. The van der Waals surface area contributed by atoms with Gasteiger partial charge in [0.05, 0.1) is 23.3 Å². The van der Waals surface area contributed by atoms with Gasteiger partial charge in [0.2, 0.25) is 0 Å². The van der Waals surface area contributed by atoms with Crippen molar-refractivity contribution in [1.82, 2.24) is 10.0 Å². The molecular weight excluding hydrogens is 469 g/mol. The average molecular weight is 488 g/mol. The molecule has 3 amide bonds. The monoisotopic (exact) mass is 487 g/mol. The number of nitro benzene ring substituents is 1. The van der Waals surface area contributed by atoms with Gasteiger partial charge in [-0.05, 0) is 36.1 Å². The van der Waals surface area contributed by atoms with Gasteiger partial charge in [-0.2, -0.15) is 5.01 Å². The Hall–Kier alpha value is -3.23. The number of nitro groups is 1. The topological polar surface area (TPSA) is 101 Å². The maximum absolute atomic E-state index is 13.6. The Labute approximate surface area is 199 Å². The summed E-state index contributed by atoms with van der Waals surface area (Å²) < 4.78 is 0. The number of benzene rings is 2. The Morgan fingerprint density at radius 2 is 1.91 bits per heavy atom. The second-order valence-corrected chi connectivity index (χ2v) is 8.86. The van der Waals surface area contributed by atoms with E-state index in [2.05, 4.69) is 0 Å². The van der Waals surface area contributed by atoms with Crippen LogP contribution in [0.15, 0.2) is 54.6 Å². The van der Waals surface area contributed by atoms with Gasteiger partial charge in [0.1, 0.15) is 5.56 Å². The molecule has 0 radical (unpaired) electrons. The number of hydrogen-bond donors (Lipinski definition) is 0. The number of carbonyl (C=O) groups is 3. The molecule has 4 rings (SSSR count). The molecule has 2 aromatic carbocycles. The molecule has 1 aliphatic carbocycles. The highest BCUT2D eigenvalue weighted by atomic mass is 35.5. The fourth-order valence-electron chi connectivity index (χ4n) is 4.37. The molecular formula is C23H19Cl2N3O5. The van der Waals surface area contributed by atoms with Crippen LogP contribution in [-0.2, 0) is 16.1 Å². The fourth-order valence-corrected chi connectivity index (χ4v) is 4.83. The number of amides is 3. The van der Waals surface area contributed by atoms with Crippen molar-refractivity contribution in [3.05, 3.63) is 85.9 Å². The van der Waals surface area contributed by atoms with Crippen molar-refractivity contribution in [2.75, 3.05) is 0 Å². The van der Waals surface area contributed by atoms with Crippen LogP contribution in [0.25, 0.3) is 0 Å². The molecule has 0 unspecified atom stereocenters. The zero-order valence-electron chi connectivity index (χ0n) is 17.5. The van der Waals surface area contributed by atoms with Crippen LogP contribution in [0.1, 0.15) is 29.3 Å². The van der Waals surface area contributed by atoms with E-state index < -0.39 is 40.2 Å². The maximum atomic E-state index is 13.6. The molecule has 0 bridgehead atoms. The molecule has 8 nitrogen and oxygen atoms in total. The van der Waals surface area contributed by atoms with Crippen molar-refractivity contribution in [2.45, 2.75) is 19.9 Å². The first-order chi connectivity index (χ1) is 15.7. The molecule has 10 heteroatoms. The van der Waals surface area contributed by atoms with Crippen molar-refractivity contribution in [2.24, 2.45) is 17.8 Å². The van der Waals surface area contributed by atoms with E-state index in [1.165, 1.54) is 30.3 Å². The Kier molecular flexibility index (Phi) is 6.23. The number of carbonyl (C=O) groups excluding carboxylic acids is 3. The first-order valence-electron chi connectivity index (χ1n) is 10.2. The average Bonchev–Trinajstić information content (AvgIpc) is 3.04. The second-order valence-electron chi connectivity index (χ2n) is 8.02. The number of fused-ring (bicyclic) bond motifs is 1. The third kappa shape index (κ3) is 4.12. The maximum Gasteiger partial charge on any atom is 0.282 e. The number of para-hydroxylation sites is 1. The molecule has 1 saturated heterocycles. The van der Waals surface area contributed by atoms with E-state index in [9.17, 15) is 24.5 Å². The molecule has 1 aliphatic heterocycles. The van der Waals surface area contributed by atoms with Crippen molar-refractivity contribution in [1.29, 1.82) is 0 Å². The van der Waals surface area contributed by atoms with E-state index in [0.29, 0.717) is 17.0 Å². The highest BCUT2D eigenvalue weighted by Crippen LogP contribution is 2.40. The Bertz CT molecular complexity index is 1200. The normalized spacial score (nSPS) is 21.8. The van der Waals surface area contributed by atoms with Crippen molar-refractivity contribution >= 4 is 46.6 Å². The summed E-state index contributed by atoms with van der Waals surface area (Å²) in [5.74, 6) is -3.28. The zero-order chi connectivity index (χ0) is 23.9. The number of imide groups is 1. The van der Waals surface area contributed by atoms with Gasteiger partial charge in [-0.15, -0.1) is 0 Å². The molecule has 2 aromatic rings. The second kappa shape index (κ2) is 8.96. The van der Waals surface area contributed by atoms with E-state index >= 15 is 0 Å². The molecule has 2 aliphatic rings. The minimum atomic E-state index is -0.853. The van der Waals surface area contributed by atoms with Crippen LogP contribution in [0.5, 0.6) is 0 Å². The van der Waals surface area contributed by atoms with Gasteiger partial charge >= 0.3 is 0 Å². The van der Waals surface area contributed by atoms with E-state index in [1.54, 1.807) is 12.1 Å². The first kappa shape index (κ1) is 22.9. The minimum Gasteiger partial charge on any atom is -0.272 e. The van der Waals surface area contributed by atoms with Gasteiger partial charge in [0.25, 0.3) is 23.4 Å². The summed E-state index contributed by atoms with van der Waals surface area (Å²) >= 11 is 12.3. The van der Waals surface area contributed by atoms with Gasteiger partial charge in [0, 0.05) is 16.1 Å². The third-order valence-corrected chi connectivity index (χ3v) is 6.58. The van der Waals surface area contributed by atoms with Crippen LogP contribution in [0.4, 0.5) is 5.69 Å². The number of halogens is 2.